The first-order valence-electron chi connectivity index (χ1n) is 6.36. The minimum Gasteiger partial charge on any atom is -0.497 e. The van der Waals surface area contributed by atoms with Crippen LogP contribution in [0.5, 0.6) is 11.5 Å². The Kier molecular flexibility index (Phi) is 3.62. The number of benzene rings is 2. The smallest absolute Gasteiger partial charge is 0.222 e. The van der Waals surface area contributed by atoms with Crippen LogP contribution in [-0.2, 0) is 0 Å². The van der Waals surface area contributed by atoms with Crippen molar-refractivity contribution in [2.24, 2.45) is 0 Å². The number of aromatic nitrogens is 2. The number of methoxy groups -OCH3 is 2. The molecule has 0 aliphatic heterocycles. The van der Waals surface area contributed by atoms with Gasteiger partial charge in [-0.1, -0.05) is 12.1 Å². The Balaban J connectivity index is 2.22. The van der Waals surface area contributed by atoms with Crippen molar-refractivity contribution in [3.05, 3.63) is 47.9 Å². The molecule has 0 amide bonds. The van der Waals surface area contributed by atoms with Gasteiger partial charge in [0.15, 0.2) is 0 Å². The molecule has 21 heavy (non-hydrogen) atoms. The fraction of sp³-hybridized carbons (Fsp3) is 0.125. The highest BCUT2D eigenvalue weighted by Crippen LogP contribution is 2.35. The van der Waals surface area contributed by atoms with E-state index in [0.29, 0.717) is 0 Å². The summed E-state index contributed by atoms with van der Waals surface area (Å²) in [7, 11) is 3.28. The molecule has 1 aromatic heterocycles. The SMILES string of the molecule is COc1cccc(-c2cc3cnc(Cl)nc3cc2OC)c1. The second-order valence-corrected chi connectivity index (χ2v) is 4.82. The van der Waals surface area contributed by atoms with E-state index in [2.05, 4.69) is 9.97 Å². The number of hydrogen-bond donors (Lipinski definition) is 0. The molecular weight excluding hydrogens is 288 g/mol. The Morgan fingerprint density at radius 3 is 2.67 bits per heavy atom. The lowest BCUT2D eigenvalue weighted by atomic mass is 10.0. The lowest BCUT2D eigenvalue weighted by Gasteiger charge is -2.11. The molecule has 0 fully saturated rings. The molecule has 0 atom stereocenters. The molecule has 106 valence electrons. The largest absolute Gasteiger partial charge is 0.497 e. The average molecular weight is 301 g/mol. The summed E-state index contributed by atoms with van der Waals surface area (Å²) >= 11 is 5.83. The van der Waals surface area contributed by atoms with Gasteiger partial charge in [-0.05, 0) is 35.4 Å². The second-order valence-electron chi connectivity index (χ2n) is 4.48. The fourth-order valence-corrected chi connectivity index (χ4v) is 2.36. The number of ether oxygens (including phenoxy) is 2. The number of fused-ring (bicyclic) bond motifs is 1. The van der Waals surface area contributed by atoms with E-state index in [9.17, 15) is 0 Å². The monoisotopic (exact) mass is 300 g/mol. The van der Waals surface area contributed by atoms with Gasteiger partial charge in [-0.3, -0.25) is 0 Å². The van der Waals surface area contributed by atoms with Crippen molar-refractivity contribution >= 4 is 22.5 Å². The van der Waals surface area contributed by atoms with E-state index in [1.807, 2.05) is 36.4 Å². The van der Waals surface area contributed by atoms with Crippen LogP contribution >= 0.6 is 11.6 Å². The topological polar surface area (TPSA) is 44.2 Å². The fourth-order valence-electron chi connectivity index (χ4n) is 2.22. The van der Waals surface area contributed by atoms with Crippen LogP contribution < -0.4 is 9.47 Å². The predicted molar refractivity (Wildman–Crippen MR) is 83.1 cm³/mol. The molecule has 0 unspecified atom stereocenters. The van der Waals surface area contributed by atoms with E-state index >= 15 is 0 Å². The van der Waals surface area contributed by atoms with Crippen LogP contribution in [0.4, 0.5) is 0 Å². The first kappa shape index (κ1) is 13.6. The predicted octanol–water partition coefficient (Wildman–Crippen LogP) is 3.97. The van der Waals surface area contributed by atoms with Gasteiger partial charge in [0, 0.05) is 23.2 Å². The molecule has 5 heteroatoms. The third kappa shape index (κ3) is 2.62. The van der Waals surface area contributed by atoms with Crippen molar-refractivity contribution in [2.75, 3.05) is 14.2 Å². The molecule has 0 radical (unpaired) electrons. The van der Waals surface area contributed by atoms with Crippen molar-refractivity contribution < 1.29 is 9.47 Å². The minimum atomic E-state index is 0.221. The van der Waals surface area contributed by atoms with Gasteiger partial charge in [-0.15, -0.1) is 0 Å². The molecule has 3 aromatic rings. The van der Waals surface area contributed by atoms with Crippen LogP contribution in [0, 0.1) is 0 Å². The normalized spacial score (nSPS) is 10.6. The highest BCUT2D eigenvalue weighted by molar-refractivity contribution is 6.28. The van der Waals surface area contributed by atoms with Gasteiger partial charge in [-0.2, -0.15) is 0 Å². The van der Waals surface area contributed by atoms with Crippen LogP contribution in [0.3, 0.4) is 0 Å². The Bertz CT molecular complexity index is 805. The first-order valence-corrected chi connectivity index (χ1v) is 6.74. The average Bonchev–Trinajstić information content (AvgIpc) is 2.53. The summed E-state index contributed by atoms with van der Waals surface area (Å²) in [5.41, 5.74) is 2.70. The standard InChI is InChI=1S/C16H13ClN2O2/c1-20-12-5-3-4-10(6-12)13-7-11-9-18-16(17)19-14(11)8-15(13)21-2/h3-9H,1-2H3. The van der Waals surface area contributed by atoms with Gasteiger partial charge in [-0.25, -0.2) is 9.97 Å². The summed E-state index contributed by atoms with van der Waals surface area (Å²) in [4.78, 5) is 8.22. The Morgan fingerprint density at radius 2 is 1.90 bits per heavy atom. The lowest BCUT2D eigenvalue weighted by Crippen LogP contribution is -1.92. The van der Waals surface area contributed by atoms with E-state index in [0.717, 1.165) is 33.5 Å². The van der Waals surface area contributed by atoms with E-state index in [-0.39, 0.29) is 5.28 Å². The summed E-state index contributed by atoms with van der Waals surface area (Å²) in [6, 6.07) is 11.6. The van der Waals surface area contributed by atoms with E-state index < -0.39 is 0 Å². The van der Waals surface area contributed by atoms with Gasteiger partial charge in [0.2, 0.25) is 5.28 Å². The van der Waals surface area contributed by atoms with Crippen LogP contribution in [-0.4, -0.2) is 24.2 Å². The molecule has 0 aliphatic carbocycles. The Morgan fingerprint density at radius 1 is 1.05 bits per heavy atom. The van der Waals surface area contributed by atoms with Crippen LogP contribution in [0.15, 0.2) is 42.6 Å². The summed E-state index contributed by atoms with van der Waals surface area (Å²) in [5, 5.41) is 1.12. The molecule has 1 heterocycles. The van der Waals surface area contributed by atoms with Gasteiger partial charge in [0.05, 0.1) is 19.7 Å². The van der Waals surface area contributed by atoms with E-state index in [1.165, 1.54) is 0 Å². The molecule has 0 bridgehead atoms. The molecule has 2 aromatic carbocycles. The van der Waals surface area contributed by atoms with Crippen LogP contribution in [0.2, 0.25) is 5.28 Å². The van der Waals surface area contributed by atoms with E-state index in [4.69, 9.17) is 21.1 Å². The number of nitrogens with zero attached hydrogens (tertiary/aromatic N) is 2. The molecular formula is C16H13ClN2O2. The molecule has 0 aliphatic rings. The molecule has 0 saturated heterocycles. The summed E-state index contributed by atoms with van der Waals surface area (Å²) in [5.74, 6) is 1.52. The second kappa shape index (κ2) is 5.58. The van der Waals surface area contributed by atoms with Gasteiger partial charge >= 0.3 is 0 Å². The third-order valence-corrected chi connectivity index (χ3v) is 3.43. The minimum absolute atomic E-state index is 0.221. The summed E-state index contributed by atoms with van der Waals surface area (Å²) in [6.45, 7) is 0. The van der Waals surface area contributed by atoms with Crippen LogP contribution in [0.1, 0.15) is 0 Å². The van der Waals surface area contributed by atoms with Crippen molar-refractivity contribution in [2.45, 2.75) is 0 Å². The molecule has 0 spiro atoms. The zero-order chi connectivity index (χ0) is 14.8. The quantitative estimate of drug-likeness (QED) is 0.687. The molecule has 0 saturated carbocycles. The van der Waals surface area contributed by atoms with Crippen LogP contribution in [0.25, 0.3) is 22.0 Å². The Labute approximate surface area is 127 Å². The van der Waals surface area contributed by atoms with Gasteiger partial charge < -0.3 is 9.47 Å². The van der Waals surface area contributed by atoms with Crippen molar-refractivity contribution in [3.8, 4) is 22.6 Å². The molecule has 4 nitrogen and oxygen atoms in total. The van der Waals surface area contributed by atoms with Gasteiger partial charge in [0.1, 0.15) is 11.5 Å². The summed E-state index contributed by atoms with van der Waals surface area (Å²) < 4.78 is 10.7. The Hall–Kier alpha value is -2.33. The number of halogens is 1. The van der Waals surface area contributed by atoms with Gasteiger partial charge in [0.25, 0.3) is 0 Å². The zero-order valence-electron chi connectivity index (χ0n) is 11.6. The number of hydrogen-bond acceptors (Lipinski definition) is 4. The molecule has 0 N–H and O–H groups in total. The van der Waals surface area contributed by atoms with E-state index in [1.54, 1.807) is 20.4 Å². The molecule has 3 rings (SSSR count). The highest BCUT2D eigenvalue weighted by Gasteiger charge is 2.10. The third-order valence-electron chi connectivity index (χ3n) is 3.25. The van der Waals surface area contributed by atoms with Crippen molar-refractivity contribution in [1.29, 1.82) is 0 Å². The maximum absolute atomic E-state index is 5.83. The first-order chi connectivity index (χ1) is 10.2. The lowest BCUT2D eigenvalue weighted by molar-refractivity contribution is 0.414. The maximum atomic E-state index is 5.83. The van der Waals surface area contributed by atoms with Crippen molar-refractivity contribution in [3.63, 3.8) is 0 Å². The highest BCUT2D eigenvalue weighted by atomic mass is 35.5. The zero-order valence-corrected chi connectivity index (χ0v) is 12.4. The number of rotatable bonds is 3. The summed E-state index contributed by atoms with van der Waals surface area (Å²) in [6.07, 6.45) is 1.70. The van der Waals surface area contributed by atoms with Crippen molar-refractivity contribution in [1.82, 2.24) is 9.97 Å². The maximum Gasteiger partial charge on any atom is 0.222 e.